The molecule has 0 amide bonds. The second kappa shape index (κ2) is 5.02. The summed E-state index contributed by atoms with van der Waals surface area (Å²) in [5, 5.41) is 0. The van der Waals surface area contributed by atoms with Gasteiger partial charge in [0.1, 0.15) is 5.82 Å². The molecule has 0 spiro atoms. The van der Waals surface area contributed by atoms with E-state index >= 15 is 0 Å². The van der Waals surface area contributed by atoms with Gasteiger partial charge >= 0.3 is 0 Å². The van der Waals surface area contributed by atoms with Crippen molar-refractivity contribution in [2.45, 2.75) is 32.4 Å². The molecule has 2 aromatic rings. The molecular weight excluding hydrogens is 234 g/mol. The number of nitrogens with two attached hydrogens (primary N) is 1. The van der Waals surface area contributed by atoms with E-state index in [1.165, 1.54) is 11.3 Å². The minimum absolute atomic E-state index is 0.468. The van der Waals surface area contributed by atoms with E-state index in [0.717, 1.165) is 24.2 Å². The summed E-state index contributed by atoms with van der Waals surface area (Å²) in [5.74, 6) is 1.00. The van der Waals surface area contributed by atoms with E-state index in [-0.39, 0.29) is 0 Å². The Morgan fingerprint density at radius 3 is 3.00 bits per heavy atom. The molecule has 1 aliphatic rings. The first-order valence-corrected chi connectivity index (χ1v) is 6.81. The molecule has 2 heterocycles. The summed E-state index contributed by atoms with van der Waals surface area (Å²) in [7, 11) is 0. The van der Waals surface area contributed by atoms with Crippen molar-refractivity contribution < 1.29 is 0 Å². The number of nitrogens with zero attached hydrogens (tertiary/aromatic N) is 2. The summed E-state index contributed by atoms with van der Waals surface area (Å²) in [5.41, 5.74) is 9.54. The number of aromatic nitrogens is 1. The predicted molar refractivity (Wildman–Crippen MR) is 78.5 cm³/mol. The first-order valence-electron chi connectivity index (χ1n) is 6.81. The number of para-hydroxylation sites is 1. The molecule has 0 bridgehead atoms. The maximum Gasteiger partial charge on any atom is 0.133 e. The smallest absolute Gasteiger partial charge is 0.133 e. The fraction of sp³-hybridized carbons (Fsp3) is 0.312. The van der Waals surface area contributed by atoms with Gasteiger partial charge in [0.2, 0.25) is 0 Å². The Kier molecular flexibility index (Phi) is 3.22. The highest BCUT2D eigenvalue weighted by Crippen LogP contribution is 2.35. The Bertz CT molecular complexity index is 580. The Morgan fingerprint density at radius 1 is 1.32 bits per heavy atom. The maximum absolute atomic E-state index is 5.73. The average molecular weight is 253 g/mol. The molecule has 98 valence electrons. The van der Waals surface area contributed by atoms with Gasteiger partial charge in [0.15, 0.2) is 0 Å². The van der Waals surface area contributed by atoms with Crippen LogP contribution in [0.4, 0.5) is 11.5 Å². The molecule has 0 saturated carbocycles. The van der Waals surface area contributed by atoms with E-state index in [1.54, 1.807) is 0 Å². The first-order chi connectivity index (χ1) is 9.29. The highest BCUT2D eigenvalue weighted by atomic mass is 15.2. The Morgan fingerprint density at radius 2 is 2.16 bits per heavy atom. The lowest BCUT2D eigenvalue weighted by Gasteiger charge is -2.36. The van der Waals surface area contributed by atoms with Gasteiger partial charge < -0.3 is 10.6 Å². The molecule has 3 rings (SSSR count). The van der Waals surface area contributed by atoms with Gasteiger partial charge in [-0.15, -0.1) is 0 Å². The zero-order chi connectivity index (χ0) is 13.2. The second-order valence-electron chi connectivity index (χ2n) is 5.11. The fourth-order valence-electron chi connectivity index (χ4n) is 2.76. The molecule has 1 aromatic heterocycles. The molecule has 1 aliphatic heterocycles. The fourth-order valence-corrected chi connectivity index (χ4v) is 2.76. The van der Waals surface area contributed by atoms with Crippen LogP contribution in [-0.2, 0) is 13.0 Å². The molecule has 1 atom stereocenters. The highest BCUT2D eigenvalue weighted by molar-refractivity contribution is 5.66. The van der Waals surface area contributed by atoms with Crippen molar-refractivity contribution in [1.82, 2.24) is 4.98 Å². The lowest BCUT2D eigenvalue weighted by atomic mass is 9.96. The summed E-state index contributed by atoms with van der Waals surface area (Å²) in [6, 6.07) is 13.1. The predicted octanol–water partition coefficient (Wildman–Crippen LogP) is 3.01. The van der Waals surface area contributed by atoms with Crippen LogP contribution in [0.1, 0.15) is 24.5 Å². The van der Waals surface area contributed by atoms with Gasteiger partial charge in [0.05, 0.1) is 0 Å². The second-order valence-corrected chi connectivity index (χ2v) is 5.11. The van der Waals surface area contributed by atoms with Crippen LogP contribution in [0.25, 0.3) is 0 Å². The van der Waals surface area contributed by atoms with Crippen LogP contribution in [0.15, 0.2) is 42.6 Å². The molecule has 0 radical (unpaired) electrons. The monoisotopic (exact) mass is 253 g/mol. The van der Waals surface area contributed by atoms with Gasteiger partial charge in [-0.3, -0.25) is 0 Å². The summed E-state index contributed by atoms with van der Waals surface area (Å²) in [6.45, 7) is 2.81. The van der Waals surface area contributed by atoms with Crippen LogP contribution < -0.4 is 10.6 Å². The van der Waals surface area contributed by atoms with Crippen molar-refractivity contribution in [3.05, 3.63) is 53.7 Å². The number of hydrogen-bond acceptors (Lipinski definition) is 3. The number of pyridine rings is 1. The third-order valence-electron chi connectivity index (χ3n) is 3.82. The van der Waals surface area contributed by atoms with Gasteiger partial charge in [0, 0.05) is 24.5 Å². The Balaban J connectivity index is 2.07. The molecule has 1 unspecified atom stereocenters. The molecule has 19 heavy (non-hydrogen) atoms. The normalized spacial score (nSPS) is 18.2. The third kappa shape index (κ3) is 2.22. The number of fused-ring (bicyclic) bond motifs is 1. The molecule has 0 saturated heterocycles. The van der Waals surface area contributed by atoms with Crippen LogP contribution in [0.3, 0.4) is 0 Å². The van der Waals surface area contributed by atoms with Crippen molar-refractivity contribution in [3.63, 3.8) is 0 Å². The molecule has 0 fully saturated rings. The number of benzene rings is 1. The Hall–Kier alpha value is -1.87. The van der Waals surface area contributed by atoms with E-state index in [2.05, 4.69) is 47.1 Å². The van der Waals surface area contributed by atoms with E-state index in [1.807, 2.05) is 12.3 Å². The summed E-state index contributed by atoms with van der Waals surface area (Å²) in [4.78, 5) is 6.86. The maximum atomic E-state index is 5.73. The van der Waals surface area contributed by atoms with Crippen LogP contribution in [0.2, 0.25) is 0 Å². The third-order valence-corrected chi connectivity index (χ3v) is 3.82. The van der Waals surface area contributed by atoms with Crippen molar-refractivity contribution in [1.29, 1.82) is 0 Å². The zero-order valence-corrected chi connectivity index (χ0v) is 11.2. The van der Waals surface area contributed by atoms with Gasteiger partial charge in [-0.2, -0.15) is 0 Å². The van der Waals surface area contributed by atoms with Gasteiger partial charge in [-0.25, -0.2) is 4.98 Å². The molecule has 1 aromatic carbocycles. The van der Waals surface area contributed by atoms with Crippen molar-refractivity contribution in [2.75, 3.05) is 4.90 Å². The highest BCUT2D eigenvalue weighted by Gasteiger charge is 2.24. The minimum atomic E-state index is 0.468. The zero-order valence-electron chi connectivity index (χ0n) is 11.2. The standard InChI is InChI=1S/C16H19N3/c1-12-6-7-14-4-2-3-5-15(14)19(12)16-10-13(11-17)8-9-18-16/h2-5,8-10,12H,6-7,11,17H2,1H3. The van der Waals surface area contributed by atoms with Gasteiger partial charge in [-0.05, 0) is 49.1 Å². The molecular formula is C16H19N3. The summed E-state index contributed by atoms with van der Waals surface area (Å²) >= 11 is 0. The van der Waals surface area contributed by atoms with E-state index in [0.29, 0.717) is 12.6 Å². The number of anilines is 2. The van der Waals surface area contributed by atoms with Crippen LogP contribution in [0.5, 0.6) is 0 Å². The summed E-state index contributed by atoms with van der Waals surface area (Å²) < 4.78 is 0. The number of aryl methyl sites for hydroxylation is 1. The number of hydrogen-bond donors (Lipinski definition) is 1. The molecule has 3 heteroatoms. The SMILES string of the molecule is CC1CCc2ccccc2N1c1cc(CN)ccn1. The van der Waals surface area contributed by atoms with Crippen molar-refractivity contribution >= 4 is 11.5 Å². The van der Waals surface area contributed by atoms with E-state index < -0.39 is 0 Å². The van der Waals surface area contributed by atoms with Gasteiger partial charge in [-0.1, -0.05) is 18.2 Å². The van der Waals surface area contributed by atoms with Gasteiger partial charge in [0.25, 0.3) is 0 Å². The van der Waals surface area contributed by atoms with E-state index in [9.17, 15) is 0 Å². The molecule has 2 N–H and O–H groups in total. The van der Waals surface area contributed by atoms with Crippen molar-refractivity contribution in [3.8, 4) is 0 Å². The van der Waals surface area contributed by atoms with Crippen LogP contribution >= 0.6 is 0 Å². The lowest BCUT2D eigenvalue weighted by Crippen LogP contribution is -2.33. The van der Waals surface area contributed by atoms with Crippen molar-refractivity contribution in [2.24, 2.45) is 5.73 Å². The Labute approximate surface area is 114 Å². The largest absolute Gasteiger partial charge is 0.326 e. The minimum Gasteiger partial charge on any atom is -0.326 e. The van der Waals surface area contributed by atoms with Crippen LogP contribution in [0, 0.1) is 0 Å². The summed E-state index contributed by atoms with van der Waals surface area (Å²) in [6.07, 6.45) is 4.15. The lowest BCUT2D eigenvalue weighted by molar-refractivity contribution is 0.613. The van der Waals surface area contributed by atoms with Crippen LogP contribution in [-0.4, -0.2) is 11.0 Å². The first kappa shape index (κ1) is 12.2. The number of rotatable bonds is 2. The van der Waals surface area contributed by atoms with E-state index in [4.69, 9.17) is 5.73 Å². The topological polar surface area (TPSA) is 42.1 Å². The average Bonchev–Trinajstić information content (AvgIpc) is 2.47. The molecule has 0 aliphatic carbocycles. The quantitative estimate of drug-likeness (QED) is 0.894. The molecule has 3 nitrogen and oxygen atoms in total.